The lowest BCUT2D eigenvalue weighted by molar-refractivity contribution is -0.143. The largest absolute Gasteiger partial charge is 0.484 e. The topological polar surface area (TPSA) is 145 Å². The second-order valence-electron chi connectivity index (χ2n) is 10.4. The minimum Gasteiger partial charge on any atom is -0.484 e. The smallest absolute Gasteiger partial charge is 0.326 e. The van der Waals surface area contributed by atoms with Gasteiger partial charge in [0.15, 0.2) is 6.61 Å². The van der Waals surface area contributed by atoms with Gasteiger partial charge in [0.25, 0.3) is 5.91 Å². The summed E-state index contributed by atoms with van der Waals surface area (Å²) in [7, 11) is 0. The number of β-lactam (4-membered cyclic amide) rings is 1. The van der Waals surface area contributed by atoms with Crippen LogP contribution in [0.15, 0.2) is 84.9 Å². The van der Waals surface area contributed by atoms with Crippen LogP contribution in [0.4, 0.5) is 5.69 Å². The van der Waals surface area contributed by atoms with Crippen LogP contribution in [-0.2, 0) is 19.2 Å². The summed E-state index contributed by atoms with van der Waals surface area (Å²) in [6.45, 7) is 2.64. The molecule has 1 fully saturated rings. The lowest BCUT2D eigenvalue weighted by Crippen LogP contribution is -2.57. The standard InChI is InChI=1S/C32H35N3O7S/c1-20(2)28(32(40)41)34-26(37)17-33-27(38)18-42-24-15-13-22(14-16-24)29-30(31(39)35(29)23-11-7-4-8-12-23)43-19-25(36)21-9-5-3-6-10-21/h3-16,20,25,28-30,36H,17-19H2,1-2H3,(H,33,38)(H,34,37)(H,40,41)/t25?,28-,29-,30-/m1/s1. The number of aliphatic hydroxyl groups is 1. The molecule has 4 N–H and O–H groups in total. The van der Waals surface area contributed by atoms with Crippen molar-refractivity contribution in [2.75, 3.05) is 23.8 Å². The van der Waals surface area contributed by atoms with E-state index in [0.717, 1.165) is 16.8 Å². The number of carboxylic acids is 1. The van der Waals surface area contributed by atoms with Crippen LogP contribution in [-0.4, -0.2) is 64.1 Å². The van der Waals surface area contributed by atoms with Gasteiger partial charge in [-0.1, -0.05) is 74.5 Å². The van der Waals surface area contributed by atoms with Gasteiger partial charge < -0.3 is 30.5 Å². The molecule has 1 aliphatic rings. The number of amides is 3. The fourth-order valence-electron chi connectivity index (χ4n) is 4.67. The Morgan fingerprint density at radius 1 is 0.930 bits per heavy atom. The van der Waals surface area contributed by atoms with Crippen molar-refractivity contribution in [3.8, 4) is 5.75 Å². The van der Waals surface area contributed by atoms with Gasteiger partial charge in [0.1, 0.15) is 17.0 Å². The molecule has 3 aromatic rings. The fraction of sp³-hybridized carbons (Fsp3) is 0.312. The summed E-state index contributed by atoms with van der Waals surface area (Å²) < 4.78 is 5.57. The van der Waals surface area contributed by atoms with Crippen molar-refractivity contribution in [1.82, 2.24) is 10.6 Å². The van der Waals surface area contributed by atoms with Gasteiger partial charge in [-0.25, -0.2) is 4.79 Å². The molecule has 1 aliphatic heterocycles. The van der Waals surface area contributed by atoms with Gasteiger partial charge in [-0.3, -0.25) is 14.4 Å². The third-order valence-electron chi connectivity index (χ3n) is 6.99. The lowest BCUT2D eigenvalue weighted by Gasteiger charge is -2.47. The molecule has 1 unspecified atom stereocenters. The first-order valence-corrected chi connectivity index (χ1v) is 14.9. The number of nitrogens with one attached hydrogen (secondary N) is 2. The predicted octanol–water partition coefficient (Wildman–Crippen LogP) is 3.33. The minimum atomic E-state index is -1.14. The van der Waals surface area contributed by atoms with Crippen LogP contribution >= 0.6 is 11.8 Å². The number of hydrogen-bond acceptors (Lipinski definition) is 7. The zero-order chi connectivity index (χ0) is 30.9. The van der Waals surface area contributed by atoms with Gasteiger partial charge in [0, 0.05) is 11.4 Å². The van der Waals surface area contributed by atoms with E-state index in [1.54, 1.807) is 30.9 Å². The van der Waals surface area contributed by atoms with Gasteiger partial charge >= 0.3 is 5.97 Å². The highest BCUT2D eigenvalue weighted by molar-refractivity contribution is 8.00. The quantitative estimate of drug-likeness (QED) is 0.205. The molecule has 0 saturated carbocycles. The van der Waals surface area contributed by atoms with E-state index in [1.165, 1.54) is 11.8 Å². The van der Waals surface area contributed by atoms with E-state index in [-0.39, 0.29) is 31.0 Å². The molecule has 11 heteroatoms. The number of rotatable bonds is 14. The van der Waals surface area contributed by atoms with Crippen molar-refractivity contribution in [2.45, 2.75) is 37.3 Å². The zero-order valence-corrected chi connectivity index (χ0v) is 24.7. The van der Waals surface area contributed by atoms with Gasteiger partial charge in [0.2, 0.25) is 11.8 Å². The first-order valence-electron chi connectivity index (χ1n) is 13.9. The number of ether oxygens (including phenoxy) is 1. The number of carboxylic acid groups (broad SMARTS) is 1. The van der Waals surface area contributed by atoms with Gasteiger partial charge in [-0.05, 0) is 41.3 Å². The second-order valence-corrected chi connectivity index (χ2v) is 11.6. The number of aliphatic hydroxyl groups excluding tert-OH is 1. The van der Waals surface area contributed by atoms with Crippen molar-refractivity contribution in [2.24, 2.45) is 5.92 Å². The highest BCUT2D eigenvalue weighted by atomic mass is 32.2. The summed E-state index contributed by atoms with van der Waals surface area (Å²) in [5.74, 6) is -1.85. The van der Waals surface area contributed by atoms with E-state index in [0.29, 0.717) is 11.5 Å². The van der Waals surface area contributed by atoms with Crippen molar-refractivity contribution < 1.29 is 34.1 Å². The molecule has 4 atom stereocenters. The van der Waals surface area contributed by atoms with E-state index in [2.05, 4.69) is 10.6 Å². The fourth-order valence-corrected chi connectivity index (χ4v) is 5.97. The molecule has 43 heavy (non-hydrogen) atoms. The monoisotopic (exact) mass is 605 g/mol. The molecule has 1 saturated heterocycles. The molecule has 3 amide bonds. The molecule has 0 radical (unpaired) electrons. The number of carbonyl (C=O) groups excluding carboxylic acids is 3. The van der Waals surface area contributed by atoms with Crippen LogP contribution in [0.2, 0.25) is 0 Å². The molecule has 0 aliphatic carbocycles. The molecule has 0 bridgehead atoms. The van der Waals surface area contributed by atoms with Crippen LogP contribution in [0, 0.1) is 5.92 Å². The molecule has 0 spiro atoms. The van der Waals surface area contributed by atoms with E-state index in [1.807, 2.05) is 72.8 Å². The highest BCUT2D eigenvalue weighted by Crippen LogP contribution is 2.46. The van der Waals surface area contributed by atoms with Crippen LogP contribution in [0.25, 0.3) is 0 Å². The Bertz CT molecular complexity index is 1400. The third-order valence-corrected chi connectivity index (χ3v) is 8.31. The number of nitrogens with zero attached hydrogens (tertiary/aromatic N) is 1. The first-order chi connectivity index (χ1) is 20.7. The SMILES string of the molecule is CC(C)[C@@H](NC(=O)CNC(=O)COc1ccc([C@@H]2[C@@H](SCC(O)c3ccccc3)C(=O)N2c2ccccc2)cc1)C(=O)O. The van der Waals surface area contributed by atoms with Crippen molar-refractivity contribution in [1.29, 1.82) is 0 Å². The summed E-state index contributed by atoms with van der Waals surface area (Å²) >= 11 is 1.42. The summed E-state index contributed by atoms with van der Waals surface area (Å²) in [6, 6.07) is 24.5. The Morgan fingerprint density at radius 2 is 1.56 bits per heavy atom. The Labute approximate surface area is 254 Å². The third kappa shape index (κ3) is 8.14. The maximum Gasteiger partial charge on any atom is 0.326 e. The zero-order valence-electron chi connectivity index (χ0n) is 23.9. The predicted molar refractivity (Wildman–Crippen MR) is 164 cm³/mol. The highest BCUT2D eigenvalue weighted by Gasteiger charge is 2.49. The Hall–Kier alpha value is -4.35. The number of para-hydroxylation sites is 1. The number of hydrogen-bond donors (Lipinski definition) is 4. The van der Waals surface area contributed by atoms with E-state index >= 15 is 0 Å². The molecule has 10 nitrogen and oxygen atoms in total. The molecule has 1 heterocycles. The van der Waals surface area contributed by atoms with E-state index in [4.69, 9.17) is 4.74 Å². The van der Waals surface area contributed by atoms with E-state index in [9.17, 15) is 29.4 Å². The van der Waals surface area contributed by atoms with Crippen LogP contribution in [0.5, 0.6) is 5.75 Å². The maximum atomic E-state index is 13.3. The average Bonchev–Trinajstić information content (AvgIpc) is 3.01. The van der Waals surface area contributed by atoms with Crippen LogP contribution in [0.3, 0.4) is 0 Å². The average molecular weight is 606 g/mol. The minimum absolute atomic E-state index is 0.0365. The molecular weight excluding hydrogens is 570 g/mol. The summed E-state index contributed by atoms with van der Waals surface area (Å²) in [5.41, 5.74) is 2.45. The lowest BCUT2D eigenvalue weighted by atomic mass is 9.92. The Kier molecular flexibility index (Phi) is 10.8. The number of thioether (sulfide) groups is 1. The van der Waals surface area contributed by atoms with Crippen molar-refractivity contribution in [3.63, 3.8) is 0 Å². The number of aliphatic carboxylic acids is 1. The van der Waals surface area contributed by atoms with E-state index < -0.39 is 35.2 Å². The summed E-state index contributed by atoms with van der Waals surface area (Å²) in [4.78, 5) is 50.5. The normalized spacial score (nSPS) is 17.5. The van der Waals surface area contributed by atoms with Gasteiger partial charge in [-0.15, -0.1) is 11.8 Å². The van der Waals surface area contributed by atoms with Crippen molar-refractivity contribution in [3.05, 3.63) is 96.1 Å². The molecule has 4 rings (SSSR count). The number of benzene rings is 3. The van der Waals surface area contributed by atoms with Gasteiger partial charge in [0.05, 0.1) is 18.7 Å². The second kappa shape index (κ2) is 14.7. The first kappa shape index (κ1) is 31.6. The maximum absolute atomic E-state index is 13.3. The molecular formula is C32H35N3O7S. The summed E-state index contributed by atoms with van der Waals surface area (Å²) in [5, 5.41) is 24.3. The van der Waals surface area contributed by atoms with Crippen molar-refractivity contribution >= 4 is 41.1 Å². The molecule has 226 valence electrons. The number of anilines is 1. The Morgan fingerprint density at radius 3 is 2.16 bits per heavy atom. The molecule has 3 aromatic carbocycles. The van der Waals surface area contributed by atoms with Crippen LogP contribution < -0.4 is 20.3 Å². The molecule has 0 aromatic heterocycles. The summed E-state index contributed by atoms with van der Waals surface area (Å²) in [6.07, 6.45) is -0.702. The Balaban J connectivity index is 1.35. The number of carbonyl (C=O) groups is 4. The van der Waals surface area contributed by atoms with Gasteiger partial charge in [-0.2, -0.15) is 0 Å². The van der Waals surface area contributed by atoms with Crippen LogP contribution in [0.1, 0.15) is 37.1 Å².